The smallest absolute Gasteiger partial charge is 0.133 e. The quantitative estimate of drug-likeness (QED) is 0.519. The SMILES string of the molecule is C=C=C1CCC2(C)CCC(=O)CC12. The molecule has 0 saturated heterocycles. The summed E-state index contributed by atoms with van der Waals surface area (Å²) in [5, 5.41) is 0. The summed E-state index contributed by atoms with van der Waals surface area (Å²) in [5.41, 5.74) is 4.71. The first-order valence-electron chi connectivity index (χ1n) is 5.06. The first-order valence-corrected chi connectivity index (χ1v) is 5.06. The Hall–Kier alpha value is -0.810. The third-order valence-electron chi connectivity index (χ3n) is 3.86. The van der Waals surface area contributed by atoms with Crippen LogP contribution in [0.4, 0.5) is 0 Å². The minimum atomic E-state index is 0.383. The van der Waals surface area contributed by atoms with Gasteiger partial charge < -0.3 is 0 Å². The number of rotatable bonds is 0. The fourth-order valence-corrected chi connectivity index (χ4v) is 2.82. The van der Waals surface area contributed by atoms with Crippen LogP contribution in [-0.2, 0) is 4.79 Å². The molecule has 2 aliphatic rings. The number of carbonyl (C=O) groups is 1. The standard InChI is InChI=1S/C12H16O/c1-3-9-4-6-12(2)7-5-10(13)8-11(9)12/h11H,1,4-8H2,2H3. The van der Waals surface area contributed by atoms with Crippen LogP contribution in [0, 0.1) is 11.3 Å². The molecule has 0 aromatic rings. The fraction of sp³-hybridized carbons (Fsp3) is 0.667. The van der Waals surface area contributed by atoms with Crippen molar-refractivity contribution in [3.8, 4) is 0 Å². The molecule has 0 aromatic carbocycles. The largest absolute Gasteiger partial charge is 0.300 e. The van der Waals surface area contributed by atoms with E-state index in [0.29, 0.717) is 17.1 Å². The third-order valence-corrected chi connectivity index (χ3v) is 3.86. The minimum Gasteiger partial charge on any atom is -0.300 e. The van der Waals surface area contributed by atoms with Crippen molar-refractivity contribution in [3.05, 3.63) is 17.9 Å². The summed E-state index contributed by atoms with van der Waals surface area (Å²) < 4.78 is 0. The third kappa shape index (κ3) is 1.28. The zero-order valence-electron chi connectivity index (χ0n) is 8.23. The van der Waals surface area contributed by atoms with Crippen molar-refractivity contribution in [1.29, 1.82) is 0 Å². The van der Waals surface area contributed by atoms with E-state index in [0.717, 1.165) is 25.7 Å². The van der Waals surface area contributed by atoms with Gasteiger partial charge in [0.1, 0.15) is 5.78 Å². The summed E-state index contributed by atoms with van der Waals surface area (Å²) in [7, 11) is 0. The van der Waals surface area contributed by atoms with Gasteiger partial charge in [0.25, 0.3) is 0 Å². The molecule has 2 saturated carbocycles. The van der Waals surface area contributed by atoms with Crippen molar-refractivity contribution < 1.29 is 4.79 Å². The van der Waals surface area contributed by atoms with Crippen molar-refractivity contribution in [2.75, 3.05) is 0 Å². The maximum Gasteiger partial charge on any atom is 0.133 e. The Kier molecular flexibility index (Phi) is 1.92. The highest BCUT2D eigenvalue weighted by Crippen LogP contribution is 2.53. The molecule has 0 radical (unpaired) electrons. The summed E-state index contributed by atoms with van der Waals surface area (Å²) in [6, 6.07) is 0. The van der Waals surface area contributed by atoms with E-state index < -0.39 is 0 Å². The minimum absolute atomic E-state index is 0.383. The number of ketones is 1. The van der Waals surface area contributed by atoms with E-state index in [9.17, 15) is 4.79 Å². The van der Waals surface area contributed by atoms with Crippen molar-refractivity contribution in [1.82, 2.24) is 0 Å². The van der Waals surface area contributed by atoms with Crippen molar-refractivity contribution in [2.24, 2.45) is 11.3 Å². The molecule has 2 rings (SSSR count). The lowest BCUT2D eigenvalue weighted by molar-refractivity contribution is -0.123. The molecule has 1 nitrogen and oxygen atoms in total. The highest BCUT2D eigenvalue weighted by Gasteiger charge is 2.45. The molecule has 0 heterocycles. The predicted octanol–water partition coefficient (Wildman–Crippen LogP) is 2.87. The monoisotopic (exact) mass is 176 g/mol. The van der Waals surface area contributed by atoms with Crippen LogP contribution in [0.2, 0.25) is 0 Å². The molecule has 2 fully saturated rings. The second-order valence-electron chi connectivity index (χ2n) is 4.65. The Labute approximate surface area is 79.5 Å². The number of carbonyl (C=O) groups excluding carboxylic acids is 1. The summed E-state index contributed by atoms with van der Waals surface area (Å²) >= 11 is 0. The zero-order chi connectivity index (χ0) is 9.47. The molecule has 2 unspecified atom stereocenters. The van der Waals surface area contributed by atoms with Crippen LogP contribution in [-0.4, -0.2) is 5.78 Å². The molecule has 1 heteroatoms. The summed E-state index contributed by atoms with van der Waals surface area (Å²) in [5.74, 6) is 0.892. The van der Waals surface area contributed by atoms with Crippen LogP contribution in [0.5, 0.6) is 0 Å². The number of fused-ring (bicyclic) bond motifs is 1. The Balaban J connectivity index is 2.31. The first kappa shape index (κ1) is 8.77. The maximum atomic E-state index is 11.3. The van der Waals surface area contributed by atoms with Crippen molar-refractivity contribution in [2.45, 2.75) is 39.0 Å². The molecule has 70 valence electrons. The highest BCUT2D eigenvalue weighted by atomic mass is 16.1. The molecule has 0 N–H and O–H groups in total. The van der Waals surface area contributed by atoms with E-state index >= 15 is 0 Å². The van der Waals surface area contributed by atoms with Gasteiger partial charge in [-0.05, 0) is 36.2 Å². The lowest BCUT2D eigenvalue weighted by atomic mass is 9.68. The van der Waals surface area contributed by atoms with Gasteiger partial charge in [-0.3, -0.25) is 4.79 Å². The number of Topliss-reactive ketones (excluding diaryl/α,β-unsaturated/α-hetero) is 1. The second-order valence-corrected chi connectivity index (χ2v) is 4.65. The fourth-order valence-electron chi connectivity index (χ4n) is 2.82. The average Bonchev–Trinajstić information content (AvgIpc) is 2.43. The van der Waals surface area contributed by atoms with Gasteiger partial charge in [-0.25, -0.2) is 0 Å². The van der Waals surface area contributed by atoms with Gasteiger partial charge >= 0.3 is 0 Å². The molecular formula is C12H16O. The van der Waals surface area contributed by atoms with E-state index in [-0.39, 0.29) is 0 Å². The van der Waals surface area contributed by atoms with Gasteiger partial charge in [0.05, 0.1) is 0 Å². The maximum absolute atomic E-state index is 11.3. The Morgan fingerprint density at radius 2 is 2.15 bits per heavy atom. The molecule has 0 aromatic heterocycles. The van der Waals surface area contributed by atoms with E-state index in [1.54, 1.807) is 0 Å². The van der Waals surface area contributed by atoms with E-state index in [2.05, 4.69) is 19.2 Å². The van der Waals surface area contributed by atoms with E-state index in [1.807, 2.05) is 0 Å². The lowest BCUT2D eigenvalue weighted by Crippen LogP contribution is -2.30. The second kappa shape index (κ2) is 2.85. The summed E-state index contributed by atoms with van der Waals surface area (Å²) in [6.45, 7) is 6.03. The summed E-state index contributed by atoms with van der Waals surface area (Å²) in [4.78, 5) is 11.3. The van der Waals surface area contributed by atoms with Crippen LogP contribution < -0.4 is 0 Å². The van der Waals surface area contributed by atoms with Crippen LogP contribution in [0.3, 0.4) is 0 Å². The van der Waals surface area contributed by atoms with Crippen LogP contribution in [0.1, 0.15) is 39.0 Å². The van der Waals surface area contributed by atoms with Crippen LogP contribution in [0.15, 0.2) is 17.9 Å². The molecule has 0 amide bonds. The molecule has 0 bridgehead atoms. The molecule has 0 spiro atoms. The Morgan fingerprint density at radius 1 is 1.46 bits per heavy atom. The zero-order valence-corrected chi connectivity index (χ0v) is 8.23. The Morgan fingerprint density at radius 3 is 2.85 bits per heavy atom. The highest BCUT2D eigenvalue weighted by molar-refractivity contribution is 5.80. The average molecular weight is 176 g/mol. The molecular weight excluding hydrogens is 160 g/mol. The van der Waals surface area contributed by atoms with Gasteiger partial charge in [-0.2, -0.15) is 0 Å². The summed E-state index contributed by atoms with van der Waals surface area (Å²) in [6.07, 6.45) is 4.94. The number of hydrogen-bond acceptors (Lipinski definition) is 1. The van der Waals surface area contributed by atoms with Gasteiger partial charge in [0.15, 0.2) is 0 Å². The topological polar surface area (TPSA) is 17.1 Å². The van der Waals surface area contributed by atoms with E-state index in [1.165, 1.54) is 12.0 Å². The molecule has 2 aliphatic carbocycles. The molecule has 2 atom stereocenters. The lowest BCUT2D eigenvalue weighted by Gasteiger charge is -2.35. The molecule has 0 aliphatic heterocycles. The Bertz CT molecular complexity index is 296. The van der Waals surface area contributed by atoms with Gasteiger partial charge in [0, 0.05) is 12.8 Å². The number of allylic oxidation sites excluding steroid dienone is 1. The van der Waals surface area contributed by atoms with Crippen LogP contribution >= 0.6 is 0 Å². The van der Waals surface area contributed by atoms with Crippen molar-refractivity contribution in [3.63, 3.8) is 0 Å². The van der Waals surface area contributed by atoms with Crippen molar-refractivity contribution >= 4 is 5.78 Å². The normalized spacial score (nSPS) is 38.7. The number of hydrogen-bond donors (Lipinski definition) is 0. The van der Waals surface area contributed by atoms with Gasteiger partial charge in [-0.15, -0.1) is 5.73 Å². The molecule has 13 heavy (non-hydrogen) atoms. The van der Waals surface area contributed by atoms with Gasteiger partial charge in [0.2, 0.25) is 0 Å². The predicted molar refractivity (Wildman–Crippen MR) is 52.3 cm³/mol. The van der Waals surface area contributed by atoms with Gasteiger partial charge in [-0.1, -0.05) is 13.5 Å². The van der Waals surface area contributed by atoms with E-state index in [4.69, 9.17) is 0 Å². The first-order chi connectivity index (χ1) is 6.15. The van der Waals surface area contributed by atoms with Crippen LogP contribution in [0.25, 0.3) is 0 Å².